The number of thiocarbonyl (C=S) groups is 1. The third kappa shape index (κ3) is 4.53. The van der Waals surface area contributed by atoms with E-state index in [4.69, 9.17) is 18.0 Å². The van der Waals surface area contributed by atoms with E-state index in [1.165, 1.54) is 19.4 Å². The van der Waals surface area contributed by atoms with Crippen LogP contribution >= 0.6 is 12.2 Å². The Labute approximate surface area is 111 Å². The first-order valence-electron chi connectivity index (χ1n) is 6.51. The molecule has 1 fully saturated rings. The molecule has 0 aromatic heterocycles. The van der Waals surface area contributed by atoms with Gasteiger partial charge in [-0.25, -0.2) is 0 Å². The Morgan fingerprint density at radius 1 is 1.47 bits per heavy atom. The molecule has 0 bridgehead atoms. The monoisotopic (exact) mass is 257 g/mol. The number of nitrogens with zero attached hydrogens (tertiary/aromatic N) is 2. The number of likely N-dealkylation sites (tertiary alicyclic amines) is 1. The molecule has 1 saturated heterocycles. The maximum Gasteiger partial charge on any atom is 0.0784 e. The van der Waals surface area contributed by atoms with Crippen molar-refractivity contribution in [3.8, 4) is 0 Å². The summed E-state index contributed by atoms with van der Waals surface area (Å²) in [6, 6.07) is 0.715. The molecule has 0 aliphatic carbocycles. The fraction of sp³-hybridized carbons (Fsp3) is 0.923. The van der Waals surface area contributed by atoms with Gasteiger partial charge in [0.25, 0.3) is 0 Å². The van der Waals surface area contributed by atoms with Gasteiger partial charge in [-0.1, -0.05) is 26.1 Å². The molecule has 100 valence electrons. The zero-order valence-corrected chi connectivity index (χ0v) is 12.5. The van der Waals surface area contributed by atoms with Crippen molar-refractivity contribution in [1.82, 2.24) is 9.80 Å². The fourth-order valence-electron chi connectivity index (χ4n) is 2.36. The number of rotatable bonds is 6. The molecular formula is C13H27N3S. The van der Waals surface area contributed by atoms with Crippen molar-refractivity contribution in [2.45, 2.75) is 39.2 Å². The molecule has 4 heteroatoms. The zero-order chi connectivity index (χ0) is 13.1. The maximum atomic E-state index is 5.78. The van der Waals surface area contributed by atoms with Crippen molar-refractivity contribution in [3.05, 3.63) is 0 Å². The predicted molar refractivity (Wildman–Crippen MR) is 78.3 cm³/mol. The molecule has 0 radical (unpaired) electrons. The van der Waals surface area contributed by atoms with Crippen LogP contribution < -0.4 is 5.73 Å². The third-order valence-electron chi connectivity index (χ3n) is 3.77. The summed E-state index contributed by atoms with van der Waals surface area (Å²) in [7, 11) is 4.30. The molecule has 1 unspecified atom stereocenters. The smallest absolute Gasteiger partial charge is 0.0784 e. The van der Waals surface area contributed by atoms with Gasteiger partial charge in [0, 0.05) is 18.0 Å². The molecule has 0 saturated carbocycles. The average Bonchev–Trinajstić information content (AvgIpc) is 2.61. The van der Waals surface area contributed by atoms with Crippen molar-refractivity contribution >= 4 is 17.2 Å². The molecule has 1 atom stereocenters. The van der Waals surface area contributed by atoms with E-state index in [9.17, 15) is 0 Å². The molecule has 0 aromatic rings. The highest BCUT2D eigenvalue weighted by Gasteiger charge is 2.28. The molecule has 0 spiro atoms. The highest BCUT2D eigenvalue weighted by Crippen LogP contribution is 2.24. The Kier molecular flexibility index (Phi) is 5.35. The lowest BCUT2D eigenvalue weighted by atomic mass is 9.89. The van der Waals surface area contributed by atoms with Crippen LogP contribution in [0.1, 0.15) is 33.1 Å². The van der Waals surface area contributed by atoms with Crippen LogP contribution in [0.15, 0.2) is 0 Å². The highest BCUT2D eigenvalue weighted by molar-refractivity contribution is 7.80. The van der Waals surface area contributed by atoms with Gasteiger partial charge in [-0.3, -0.25) is 4.90 Å². The van der Waals surface area contributed by atoms with E-state index >= 15 is 0 Å². The van der Waals surface area contributed by atoms with Crippen LogP contribution in [0, 0.1) is 5.41 Å². The van der Waals surface area contributed by atoms with Gasteiger partial charge in [-0.15, -0.1) is 0 Å². The lowest BCUT2D eigenvalue weighted by molar-refractivity contribution is 0.193. The van der Waals surface area contributed by atoms with Gasteiger partial charge in [-0.2, -0.15) is 0 Å². The van der Waals surface area contributed by atoms with Gasteiger partial charge in [0.15, 0.2) is 0 Å². The molecule has 1 rings (SSSR count). The zero-order valence-electron chi connectivity index (χ0n) is 11.7. The minimum absolute atomic E-state index is 0.0133. The van der Waals surface area contributed by atoms with Gasteiger partial charge in [-0.05, 0) is 46.4 Å². The van der Waals surface area contributed by atoms with E-state index in [-0.39, 0.29) is 5.41 Å². The van der Waals surface area contributed by atoms with Crippen molar-refractivity contribution in [2.75, 3.05) is 33.7 Å². The van der Waals surface area contributed by atoms with Crippen LogP contribution in [0.3, 0.4) is 0 Å². The van der Waals surface area contributed by atoms with Crippen LogP contribution in [-0.4, -0.2) is 54.6 Å². The molecular weight excluding hydrogens is 230 g/mol. The minimum Gasteiger partial charge on any atom is -0.393 e. The summed E-state index contributed by atoms with van der Waals surface area (Å²) >= 11 is 5.12. The summed E-state index contributed by atoms with van der Waals surface area (Å²) < 4.78 is 0. The first-order chi connectivity index (χ1) is 7.83. The highest BCUT2D eigenvalue weighted by atomic mass is 32.1. The first-order valence-corrected chi connectivity index (χ1v) is 6.92. The number of likely N-dealkylation sites (N-methyl/N-ethyl adjacent to an activating group) is 1. The second-order valence-corrected chi connectivity index (χ2v) is 6.53. The van der Waals surface area contributed by atoms with E-state index < -0.39 is 0 Å². The number of hydrogen-bond donors (Lipinski definition) is 1. The lowest BCUT2D eigenvalue weighted by Gasteiger charge is -2.31. The molecule has 1 heterocycles. The van der Waals surface area contributed by atoms with E-state index in [1.54, 1.807) is 0 Å². The van der Waals surface area contributed by atoms with E-state index in [1.807, 2.05) is 0 Å². The van der Waals surface area contributed by atoms with Crippen LogP contribution in [0.5, 0.6) is 0 Å². The Morgan fingerprint density at radius 2 is 2.12 bits per heavy atom. The summed E-state index contributed by atoms with van der Waals surface area (Å²) in [6.45, 7) is 7.79. The third-order valence-corrected chi connectivity index (χ3v) is 4.32. The first kappa shape index (κ1) is 14.9. The Bertz CT molecular complexity index is 263. The average molecular weight is 257 g/mol. The van der Waals surface area contributed by atoms with Crippen molar-refractivity contribution in [2.24, 2.45) is 11.1 Å². The van der Waals surface area contributed by atoms with Gasteiger partial charge >= 0.3 is 0 Å². The minimum atomic E-state index is -0.0133. The standard InChI is InChI=1S/C13H27N3S/c1-13(2,12(14)17)7-9-16-8-5-6-11(16)10-15(3)4/h11H,5-10H2,1-4H3,(H2,14,17). The summed E-state index contributed by atoms with van der Waals surface area (Å²) in [5.74, 6) is 0. The van der Waals surface area contributed by atoms with E-state index in [0.29, 0.717) is 11.0 Å². The van der Waals surface area contributed by atoms with Crippen LogP contribution in [0.2, 0.25) is 0 Å². The largest absolute Gasteiger partial charge is 0.393 e. The number of hydrogen-bond acceptors (Lipinski definition) is 3. The van der Waals surface area contributed by atoms with Crippen LogP contribution in [-0.2, 0) is 0 Å². The SMILES string of the molecule is CN(C)CC1CCCN1CCC(C)(C)C(N)=S. The van der Waals surface area contributed by atoms with Gasteiger partial charge in [0.1, 0.15) is 0 Å². The van der Waals surface area contributed by atoms with Crippen molar-refractivity contribution < 1.29 is 0 Å². The van der Waals surface area contributed by atoms with Gasteiger partial charge in [0.05, 0.1) is 4.99 Å². The quantitative estimate of drug-likeness (QED) is 0.734. The lowest BCUT2D eigenvalue weighted by Crippen LogP contribution is -2.40. The molecule has 0 aromatic carbocycles. The molecule has 1 aliphatic rings. The predicted octanol–water partition coefficient (Wildman–Crippen LogP) is 1.71. The Hall–Kier alpha value is -0.190. The second-order valence-electron chi connectivity index (χ2n) is 6.09. The van der Waals surface area contributed by atoms with Gasteiger partial charge in [0.2, 0.25) is 0 Å². The van der Waals surface area contributed by atoms with Crippen molar-refractivity contribution in [1.29, 1.82) is 0 Å². The molecule has 17 heavy (non-hydrogen) atoms. The van der Waals surface area contributed by atoms with Gasteiger partial charge < -0.3 is 10.6 Å². The molecule has 3 nitrogen and oxygen atoms in total. The maximum absolute atomic E-state index is 5.78. The summed E-state index contributed by atoms with van der Waals surface area (Å²) in [4.78, 5) is 5.52. The van der Waals surface area contributed by atoms with Crippen molar-refractivity contribution in [3.63, 3.8) is 0 Å². The van der Waals surface area contributed by atoms with E-state index in [2.05, 4.69) is 37.7 Å². The Balaban J connectivity index is 2.43. The summed E-state index contributed by atoms with van der Waals surface area (Å²) in [5, 5.41) is 0. The molecule has 1 aliphatic heterocycles. The topological polar surface area (TPSA) is 32.5 Å². The van der Waals surface area contributed by atoms with Crippen LogP contribution in [0.25, 0.3) is 0 Å². The normalized spacial score (nSPS) is 22.3. The summed E-state index contributed by atoms with van der Waals surface area (Å²) in [6.07, 6.45) is 3.71. The van der Waals surface area contributed by atoms with E-state index in [0.717, 1.165) is 19.5 Å². The van der Waals surface area contributed by atoms with Crippen LogP contribution in [0.4, 0.5) is 0 Å². The second kappa shape index (κ2) is 6.12. The fourth-order valence-corrected chi connectivity index (χ4v) is 2.47. The molecule has 2 N–H and O–H groups in total. The number of nitrogens with two attached hydrogens (primary N) is 1. The summed E-state index contributed by atoms with van der Waals surface area (Å²) in [5.41, 5.74) is 5.76. The molecule has 0 amide bonds. The Morgan fingerprint density at radius 3 is 2.65 bits per heavy atom.